The van der Waals surface area contributed by atoms with Crippen LogP contribution in [0.25, 0.3) is 0 Å². The Morgan fingerprint density at radius 1 is 1.04 bits per heavy atom. The predicted molar refractivity (Wildman–Crippen MR) is 89.7 cm³/mol. The van der Waals surface area contributed by atoms with Gasteiger partial charge in [-0.3, -0.25) is 14.4 Å². The SMILES string of the molecule is CC(NC(=O)C(N)CS)C(=O)NC(CO)C(=O)NC(C(=O)O)C(C)O. The van der Waals surface area contributed by atoms with Crippen molar-refractivity contribution >= 4 is 36.3 Å². The van der Waals surface area contributed by atoms with Crippen molar-refractivity contribution in [3.8, 4) is 0 Å². The summed E-state index contributed by atoms with van der Waals surface area (Å²) in [6, 6.07) is -5.06. The first kappa shape index (κ1) is 23.1. The summed E-state index contributed by atoms with van der Waals surface area (Å²) in [7, 11) is 0. The minimum absolute atomic E-state index is 0.0672. The fraction of sp³-hybridized carbons (Fsp3) is 0.692. The normalized spacial score (nSPS) is 16.7. The Hall–Kier alpha value is -1.89. The second-order valence-electron chi connectivity index (χ2n) is 5.33. The van der Waals surface area contributed by atoms with E-state index < -0.39 is 60.6 Å². The molecule has 0 aliphatic heterocycles. The van der Waals surface area contributed by atoms with Gasteiger partial charge in [0.05, 0.1) is 18.8 Å². The molecule has 0 fully saturated rings. The molecule has 0 bridgehead atoms. The Bertz CT molecular complexity index is 503. The lowest BCUT2D eigenvalue weighted by Crippen LogP contribution is -2.58. The number of rotatable bonds is 10. The van der Waals surface area contributed by atoms with Crippen LogP contribution in [-0.4, -0.2) is 81.6 Å². The standard InChI is InChI=1S/C13H24N4O7S/c1-5(15-11(21)7(14)4-25)10(20)16-8(3-18)12(22)17-9(6(2)19)13(23)24/h5-9,18-19,25H,3-4,14H2,1-2H3,(H,15,21)(H,16,20)(H,17,22)(H,23,24). The van der Waals surface area contributed by atoms with E-state index in [1.54, 1.807) is 0 Å². The molecule has 0 rings (SSSR count). The quantitative estimate of drug-likeness (QED) is 0.177. The van der Waals surface area contributed by atoms with Crippen molar-refractivity contribution < 1.29 is 34.5 Å². The average Bonchev–Trinajstić information content (AvgIpc) is 2.55. The first-order valence-electron chi connectivity index (χ1n) is 7.34. The zero-order chi connectivity index (χ0) is 19.7. The lowest BCUT2D eigenvalue weighted by Gasteiger charge is -2.23. The number of nitrogens with one attached hydrogen (secondary N) is 3. The van der Waals surface area contributed by atoms with Crippen LogP contribution in [0.3, 0.4) is 0 Å². The number of thiol groups is 1. The summed E-state index contributed by atoms with van der Waals surface area (Å²) in [4.78, 5) is 46.5. The highest BCUT2D eigenvalue weighted by Gasteiger charge is 2.30. The number of hydrogen-bond donors (Lipinski definition) is 8. The van der Waals surface area contributed by atoms with Crippen LogP contribution in [0.15, 0.2) is 0 Å². The Kier molecular flexibility index (Phi) is 10.0. The molecule has 0 aromatic rings. The maximum atomic E-state index is 12.0. The number of amides is 3. The predicted octanol–water partition coefficient (Wildman–Crippen LogP) is -3.82. The van der Waals surface area contributed by atoms with Crippen molar-refractivity contribution in [1.29, 1.82) is 0 Å². The molecule has 0 aromatic heterocycles. The van der Waals surface area contributed by atoms with Crippen molar-refractivity contribution in [3.05, 3.63) is 0 Å². The second-order valence-corrected chi connectivity index (χ2v) is 5.69. The number of aliphatic hydroxyl groups is 2. The number of aliphatic hydroxyl groups excluding tert-OH is 2. The molecular weight excluding hydrogens is 356 g/mol. The molecule has 0 saturated heterocycles. The van der Waals surface area contributed by atoms with Crippen molar-refractivity contribution in [2.75, 3.05) is 12.4 Å². The molecule has 25 heavy (non-hydrogen) atoms. The average molecular weight is 380 g/mol. The third kappa shape index (κ3) is 7.69. The molecule has 144 valence electrons. The smallest absolute Gasteiger partial charge is 0.328 e. The minimum atomic E-state index is -1.61. The van der Waals surface area contributed by atoms with Crippen LogP contribution >= 0.6 is 12.6 Å². The van der Waals surface area contributed by atoms with Gasteiger partial charge >= 0.3 is 5.97 Å². The van der Waals surface area contributed by atoms with Gasteiger partial charge in [0.2, 0.25) is 17.7 Å². The van der Waals surface area contributed by atoms with Gasteiger partial charge in [0.25, 0.3) is 0 Å². The van der Waals surface area contributed by atoms with Gasteiger partial charge in [-0.05, 0) is 13.8 Å². The van der Waals surface area contributed by atoms with E-state index in [1.165, 1.54) is 6.92 Å². The van der Waals surface area contributed by atoms with Crippen LogP contribution in [0.4, 0.5) is 0 Å². The highest BCUT2D eigenvalue weighted by Crippen LogP contribution is 1.96. The molecule has 5 unspecified atom stereocenters. The van der Waals surface area contributed by atoms with E-state index in [2.05, 4.69) is 23.3 Å². The number of aliphatic carboxylic acids is 1. The van der Waals surface area contributed by atoms with Gasteiger partial charge in [0, 0.05) is 5.75 Å². The zero-order valence-corrected chi connectivity index (χ0v) is 14.7. The van der Waals surface area contributed by atoms with E-state index in [-0.39, 0.29) is 5.75 Å². The zero-order valence-electron chi connectivity index (χ0n) is 13.8. The lowest BCUT2D eigenvalue weighted by molar-refractivity contribution is -0.145. The van der Waals surface area contributed by atoms with E-state index in [9.17, 15) is 29.4 Å². The minimum Gasteiger partial charge on any atom is -0.480 e. The summed E-state index contributed by atoms with van der Waals surface area (Å²) in [5, 5.41) is 33.9. The number of carboxylic acids is 1. The van der Waals surface area contributed by atoms with Gasteiger partial charge in [0.1, 0.15) is 12.1 Å². The third-order valence-corrected chi connectivity index (χ3v) is 3.54. The summed E-state index contributed by atoms with van der Waals surface area (Å²) in [5.41, 5.74) is 5.45. The monoisotopic (exact) mass is 380 g/mol. The van der Waals surface area contributed by atoms with E-state index in [1.807, 2.05) is 5.32 Å². The fourth-order valence-corrected chi connectivity index (χ4v) is 1.77. The number of carbonyl (C=O) groups is 4. The molecule has 11 nitrogen and oxygen atoms in total. The van der Waals surface area contributed by atoms with Gasteiger partial charge in [-0.2, -0.15) is 12.6 Å². The van der Waals surface area contributed by atoms with Crippen LogP contribution < -0.4 is 21.7 Å². The first-order chi connectivity index (χ1) is 11.5. The second kappa shape index (κ2) is 10.9. The van der Waals surface area contributed by atoms with Crippen LogP contribution in [0.1, 0.15) is 13.8 Å². The summed E-state index contributed by atoms with van der Waals surface area (Å²) < 4.78 is 0. The molecule has 0 heterocycles. The van der Waals surface area contributed by atoms with Crippen LogP contribution in [0.2, 0.25) is 0 Å². The van der Waals surface area contributed by atoms with Crippen LogP contribution in [0.5, 0.6) is 0 Å². The molecule has 8 N–H and O–H groups in total. The molecule has 0 aliphatic carbocycles. The van der Waals surface area contributed by atoms with Crippen LogP contribution in [0, 0.1) is 0 Å². The fourth-order valence-electron chi connectivity index (χ4n) is 1.60. The number of hydrogen-bond acceptors (Lipinski definition) is 8. The molecular formula is C13H24N4O7S. The summed E-state index contributed by atoms with van der Waals surface area (Å²) >= 11 is 3.85. The van der Waals surface area contributed by atoms with Crippen molar-refractivity contribution in [2.24, 2.45) is 5.73 Å². The molecule has 12 heteroatoms. The Labute approximate surface area is 149 Å². The number of carboxylic acid groups (broad SMARTS) is 1. The molecule has 3 amide bonds. The molecule has 0 spiro atoms. The highest BCUT2D eigenvalue weighted by atomic mass is 32.1. The topological polar surface area (TPSA) is 191 Å². The van der Waals surface area contributed by atoms with E-state index in [0.717, 1.165) is 6.92 Å². The highest BCUT2D eigenvalue weighted by molar-refractivity contribution is 7.80. The van der Waals surface area contributed by atoms with Gasteiger partial charge in [0.15, 0.2) is 6.04 Å². The molecule has 0 radical (unpaired) electrons. The van der Waals surface area contributed by atoms with Crippen LogP contribution in [-0.2, 0) is 19.2 Å². The third-order valence-electron chi connectivity index (χ3n) is 3.15. The summed E-state index contributed by atoms with van der Waals surface area (Å²) in [5.74, 6) is -3.83. The molecule has 0 aliphatic rings. The Morgan fingerprint density at radius 2 is 1.60 bits per heavy atom. The Balaban J connectivity index is 4.80. The maximum absolute atomic E-state index is 12.0. The lowest BCUT2D eigenvalue weighted by atomic mass is 10.1. The maximum Gasteiger partial charge on any atom is 0.328 e. The van der Waals surface area contributed by atoms with Crippen molar-refractivity contribution in [3.63, 3.8) is 0 Å². The van der Waals surface area contributed by atoms with E-state index in [4.69, 9.17) is 10.8 Å². The molecule has 0 aromatic carbocycles. The largest absolute Gasteiger partial charge is 0.480 e. The van der Waals surface area contributed by atoms with Crippen molar-refractivity contribution in [1.82, 2.24) is 16.0 Å². The van der Waals surface area contributed by atoms with Gasteiger partial charge in [-0.15, -0.1) is 0 Å². The summed E-state index contributed by atoms with van der Waals surface area (Å²) in [6.07, 6.45) is -1.39. The van der Waals surface area contributed by atoms with Gasteiger partial charge in [-0.25, -0.2) is 4.79 Å². The Morgan fingerprint density at radius 3 is 2.00 bits per heavy atom. The first-order valence-corrected chi connectivity index (χ1v) is 7.97. The van der Waals surface area contributed by atoms with Gasteiger partial charge < -0.3 is 37.0 Å². The summed E-state index contributed by atoms with van der Waals surface area (Å²) in [6.45, 7) is 1.68. The van der Waals surface area contributed by atoms with E-state index >= 15 is 0 Å². The van der Waals surface area contributed by atoms with Crippen molar-refractivity contribution in [2.45, 2.75) is 44.1 Å². The molecule has 5 atom stereocenters. The van der Waals surface area contributed by atoms with E-state index in [0.29, 0.717) is 0 Å². The number of nitrogens with two attached hydrogens (primary N) is 1. The van der Waals surface area contributed by atoms with Gasteiger partial charge in [-0.1, -0.05) is 0 Å². The number of carbonyl (C=O) groups excluding carboxylic acids is 3. The molecule has 0 saturated carbocycles.